The Balaban J connectivity index is 1.49. The standard InChI is InChI=1S/C59H115NO13/c1-3-5-7-9-10-11-12-13-14-15-16-17-18-19-20-21-22-23-24-25-26-27-28-29-30-31-32-33-34-35-36-37-39-41-43-51(64)60-47(48(63)42-40-38-8-6-4-2)46-70-58-56(69)54(67)57(50(45-62)72-58)73-59-55(68)53(66)52(65)49(44-61)71-59/h47-50,52-59,61-63,65-69H,3-46H2,1-2H3,(H,60,64). The molecule has 434 valence electrons. The quantitative estimate of drug-likeness (QED) is 0.0259. The second-order valence-corrected chi connectivity index (χ2v) is 22.2. The maximum atomic E-state index is 13.1. The van der Waals surface area contributed by atoms with Crippen LogP contribution < -0.4 is 5.32 Å². The zero-order chi connectivity index (χ0) is 53.2. The van der Waals surface area contributed by atoms with Crippen LogP contribution in [0.15, 0.2) is 0 Å². The third-order valence-electron chi connectivity index (χ3n) is 15.6. The van der Waals surface area contributed by atoms with Gasteiger partial charge >= 0.3 is 0 Å². The Kier molecular flexibility index (Phi) is 42.9. The number of amides is 1. The first-order valence-electron chi connectivity index (χ1n) is 30.8. The number of rotatable bonds is 50. The molecular weight excluding hydrogens is 931 g/mol. The van der Waals surface area contributed by atoms with E-state index in [1.54, 1.807) is 0 Å². The van der Waals surface area contributed by atoms with Gasteiger partial charge in [0.15, 0.2) is 12.6 Å². The fraction of sp³-hybridized carbons (Fsp3) is 0.983. The zero-order valence-electron chi connectivity index (χ0n) is 46.7. The second kappa shape index (κ2) is 46.0. The highest BCUT2D eigenvalue weighted by Gasteiger charge is 2.51. The number of unbranched alkanes of at least 4 members (excludes halogenated alkanes) is 37. The maximum absolute atomic E-state index is 13.1. The third-order valence-corrected chi connectivity index (χ3v) is 15.6. The van der Waals surface area contributed by atoms with Crippen LogP contribution in [0.5, 0.6) is 0 Å². The van der Waals surface area contributed by atoms with E-state index >= 15 is 0 Å². The molecule has 0 aromatic rings. The van der Waals surface area contributed by atoms with Crippen molar-refractivity contribution >= 4 is 5.91 Å². The highest BCUT2D eigenvalue weighted by atomic mass is 16.7. The Morgan fingerprint density at radius 2 is 0.781 bits per heavy atom. The molecule has 2 heterocycles. The monoisotopic (exact) mass is 1050 g/mol. The van der Waals surface area contributed by atoms with Gasteiger partial charge in [0.25, 0.3) is 0 Å². The lowest BCUT2D eigenvalue weighted by Gasteiger charge is -2.46. The van der Waals surface area contributed by atoms with Crippen molar-refractivity contribution in [3.8, 4) is 0 Å². The van der Waals surface area contributed by atoms with Gasteiger partial charge < -0.3 is 65.1 Å². The van der Waals surface area contributed by atoms with Gasteiger partial charge in [-0.25, -0.2) is 0 Å². The summed E-state index contributed by atoms with van der Waals surface area (Å²) in [5.74, 6) is -0.207. The minimum Gasteiger partial charge on any atom is -0.394 e. The molecule has 9 N–H and O–H groups in total. The molecule has 0 bridgehead atoms. The lowest BCUT2D eigenvalue weighted by atomic mass is 9.97. The Bertz CT molecular complexity index is 1230. The number of hydrogen-bond donors (Lipinski definition) is 9. The van der Waals surface area contributed by atoms with Gasteiger partial charge in [-0.15, -0.1) is 0 Å². The van der Waals surface area contributed by atoms with Crippen molar-refractivity contribution in [2.75, 3.05) is 19.8 Å². The number of aliphatic hydroxyl groups excluding tert-OH is 8. The molecule has 1 amide bonds. The van der Waals surface area contributed by atoms with E-state index in [2.05, 4.69) is 19.2 Å². The molecule has 0 radical (unpaired) electrons. The largest absolute Gasteiger partial charge is 0.394 e. The molecule has 73 heavy (non-hydrogen) atoms. The predicted octanol–water partition coefficient (Wildman–Crippen LogP) is 10.5. The van der Waals surface area contributed by atoms with E-state index in [0.29, 0.717) is 12.8 Å². The molecule has 2 aliphatic heterocycles. The number of ether oxygens (including phenoxy) is 4. The van der Waals surface area contributed by atoms with E-state index in [1.807, 2.05) is 0 Å². The van der Waals surface area contributed by atoms with Crippen LogP contribution in [-0.4, -0.2) is 140 Å². The first-order chi connectivity index (χ1) is 35.6. The van der Waals surface area contributed by atoms with E-state index in [4.69, 9.17) is 18.9 Å². The van der Waals surface area contributed by atoms with Crippen molar-refractivity contribution in [1.29, 1.82) is 0 Å². The number of hydrogen-bond acceptors (Lipinski definition) is 13. The van der Waals surface area contributed by atoms with Crippen LogP contribution in [0.3, 0.4) is 0 Å². The fourth-order valence-corrected chi connectivity index (χ4v) is 10.6. The average Bonchev–Trinajstić information content (AvgIpc) is 3.39. The van der Waals surface area contributed by atoms with Gasteiger partial charge in [-0.05, 0) is 12.8 Å². The van der Waals surface area contributed by atoms with Crippen LogP contribution in [0.2, 0.25) is 0 Å². The lowest BCUT2D eigenvalue weighted by molar-refractivity contribution is -0.359. The molecule has 2 saturated heterocycles. The van der Waals surface area contributed by atoms with Gasteiger partial charge in [0.1, 0.15) is 48.8 Å². The predicted molar refractivity (Wildman–Crippen MR) is 291 cm³/mol. The van der Waals surface area contributed by atoms with Crippen molar-refractivity contribution in [2.24, 2.45) is 0 Å². The summed E-state index contributed by atoms with van der Waals surface area (Å²) in [6, 6.07) is -0.819. The smallest absolute Gasteiger partial charge is 0.220 e. The van der Waals surface area contributed by atoms with Crippen LogP contribution in [0, 0.1) is 0 Å². The summed E-state index contributed by atoms with van der Waals surface area (Å²) >= 11 is 0. The fourth-order valence-electron chi connectivity index (χ4n) is 10.6. The van der Waals surface area contributed by atoms with Gasteiger partial charge in [-0.1, -0.05) is 258 Å². The van der Waals surface area contributed by atoms with Crippen molar-refractivity contribution in [1.82, 2.24) is 5.32 Å². The summed E-state index contributed by atoms with van der Waals surface area (Å²) in [6.45, 7) is 2.78. The second-order valence-electron chi connectivity index (χ2n) is 22.2. The molecule has 12 atom stereocenters. The summed E-state index contributed by atoms with van der Waals surface area (Å²) in [5.41, 5.74) is 0. The van der Waals surface area contributed by atoms with Crippen molar-refractivity contribution in [3.63, 3.8) is 0 Å². The number of carbonyl (C=O) groups excluding carboxylic acids is 1. The molecule has 12 unspecified atom stereocenters. The molecule has 14 nitrogen and oxygen atoms in total. The van der Waals surface area contributed by atoms with Gasteiger partial charge in [-0.3, -0.25) is 4.79 Å². The van der Waals surface area contributed by atoms with E-state index in [1.165, 1.54) is 193 Å². The topological polar surface area (TPSA) is 228 Å². The Morgan fingerprint density at radius 1 is 0.438 bits per heavy atom. The normalized spacial score (nSPS) is 25.3. The molecule has 0 aromatic heterocycles. The molecule has 2 aliphatic rings. The Morgan fingerprint density at radius 3 is 1.16 bits per heavy atom. The molecule has 0 aromatic carbocycles. The van der Waals surface area contributed by atoms with Crippen molar-refractivity contribution < 1.29 is 64.6 Å². The molecule has 0 aliphatic carbocycles. The van der Waals surface area contributed by atoms with Gasteiger partial charge in [0, 0.05) is 6.42 Å². The first-order valence-corrected chi connectivity index (χ1v) is 30.8. The lowest BCUT2D eigenvalue weighted by Crippen LogP contribution is -2.65. The Hall–Kier alpha value is -1.01. The van der Waals surface area contributed by atoms with Crippen molar-refractivity contribution in [2.45, 2.75) is 351 Å². The number of aliphatic hydroxyl groups is 8. The number of nitrogens with one attached hydrogen (secondary N) is 1. The highest BCUT2D eigenvalue weighted by molar-refractivity contribution is 5.76. The summed E-state index contributed by atoms with van der Waals surface area (Å²) in [6.07, 6.45) is 35.1. The summed E-state index contributed by atoms with van der Waals surface area (Å²) in [7, 11) is 0. The van der Waals surface area contributed by atoms with Crippen LogP contribution >= 0.6 is 0 Å². The molecule has 2 rings (SSSR count). The molecule has 14 heteroatoms. The van der Waals surface area contributed by atoms with E-state index < -0.39 is 86.8 Å². The molecule has 2 fully saturated rings. The number of carbonyl (C=O) groups is 1. The zero-order valence-corrected chi connectivity index (χ0v) is 46.7. The van der Waals surface area contributed by atoms with E-state index in [-0.39, 0.29) is 12.5 Å². The van der Waals surface area contributed by atoms with E-state index in [9.17, 15) is 45.6 Å². The highest BCUT2D eigenvalue weighted by Crippen LogP contribution is 2.30. The summed E-state index contributed by atoms with van der Waals surface area (Å²) in [4.78, 5) is 13.1. The van der Waals surface area contributed by atoms with Crippen LogP contribution in [0.25, 0.3) is 0 Å². The minimum absolute atomic E-state index is 0.207. The van der Waals surface area contributed by atoms with Crippen molar-refractivity contribution in [3.05, 3.63) is 0 Å². The molecule has 0 spiro atoms. The third kappa shape index (κ3) is 31.9. The molecule has 0 saturated carbocycles. The van der Waals surface area contributed by atoms with Crippen LogP contribution in [-0.2, 0) is 23.7 Å². The SMILES string of the molecule is CCCCCCCCCCCCCCCCCCCCCCCCCCCCCCCCCCCCC(=O)NC(COC1OC(CO)C(OC2OC(CO)C(O)C(O)C2O)C(O)C1O)C(O)CCCCCCC. The Labute approximate surface area is 444 Å². The maximum Gasteiger partial charge on any atom is 0.220 e. The molecular formula is C59H115NO13. The van der Waals surface area contributed by atoms with E-state index in [0.717, 1.165) is 57.8 Å². The van der Waals surface area contributed by atoms with Gasteiger partial charge in [0.05, 0.1) is 32.0 Å². The van der Waals surface area contributed by atoms with Gasteiger partial charge in [-0.2, -0.15) is 0 Å². The average molecular weight is 1050 g/mol. The van der Waals surface area contributed by atoms with Crippen LogP contribution in [0.4, 0.5) is 0 Å². The first kappa shape index (κ1) is 68.1. The summed E-state index contributed by atoms with van der Waals surface area (Å²) in [5, 5.41) is 86.5. The summed E-state index contributed by atoms with van der Waals surface area (Å²) < 4.78 is 22.7. The van der Waals surface area contributed by atoms with Crippen LogP contribution in [0.1, 0.15) is 277 Å². The minimum atomic E-state index is -1.78. The van der Waals surface area contributed by atoms with Gasteiger partial charge in [0.2, 0.25) is 5.91 Å².